The number of carboxylic acids is 1. The zero-order chi connectivity index (χ0) is 25.3. The van der Waals surface area contributed by atoms with Crippen molar-refractivity contribution >= 4 is 45.5 Å². The van der Waals surface area contributed by atoms with Crippen LogP contribution in [0.4, 0.5) is 5.69 Å². The summed E-state index contributed by atoms with van der Waals surface area (Å²) in [6.45, 7) is 3.42. The topological polar surface area (TPSA) is 130 Å². The molecule has 10 nitrogen and oxygen atoms in total. The van der Waals surface area contributed by atoms with Gasteiger partial charge >= 0.3 is 11.9 Å². The Morgan fingerprint density at radius 2 is 1.86 bits per heavy atom. The van der Waals surface area contributed by atoms with Crippen LogP contribution < -0.4 is 10.2 Å². The zero-order valence-electron chi connectivity index (χ0n) is 19.4. The monoisotopic (exact) mass is 494 g/mol. The second-order valence-electron chi connectivity index (χ2n) is 7.67. The Labute approximate surface area is 205 Å². The van der Waals surface area contributed by atoms with E-state index in [-0.39, 0.29) is 21.9 Å². The van der Waals surface area contributed by atoms with Crippen molar-refractivity contribution in [2.24, 2.45) is 10.1 Å². The first-order chi connectivity index (χ1) is 16.8. The fraction of sp³-hybridized carbons (Fsp3) is 0.208. The molecule has 2 aromatic rings. The molecule has 11 heteroatoms. The van der Waals surface area contributed by atoms with E-state index in [4.69, 9.17) is 9.47 Å². The van der Waals surface area contributed by atoms with E-state index in [1.807, 2.05) is 0 Å². The first-order valence-corrected chi connectivity index (χ1v) is 11.3. The summed E-state index contributed by atoms with van der Waals surface area (Å²) in [5.41, 5.74) is 5.01. The Balaban J connectivity index is 1.74. The van der Waals surface area contributed by atoms with Crippen molar-refractivity contribution in [1.82, 2.24) is 4.90 Å². The Morgan fingerprint density at radius 3 is 2.49 bits per heavy atom. The summed E-state index contributed by atoms with van der Waals surface area (Å²) in [6.07, 6.45) is 0. The van der Waals surface area contributed by atoms with E-state index in [0.717, 1.165) is 11.8 Å². The Hall–Kier alpha value is -4.12. The number of hydrogen-bond acceptors (Lipinski definition) is 9. The second-order valence-corrected chi connectivity index (χ2v) is 8.63. The number of rotatable bonds is 6. The van der Waals surface area contributed by atoms with Gasteiger partial charge in [-0.15, -0.1) is 0 Å². The number of ether oxygens (including phenoxy) is 2. The molecular weight excluding hydrogens is 472 g/mol. The molecule has 1 unspecified atom stereocenters. The molecular formula is C24H22N4O6S. The van der Waals surface area contributed by atoms with Gasteiger partial charge in [-0.1, -0.05) is 24.3 Å². The maximum absolute atomic E-state index is 13.5. The maximum atomic E-state index is 13.5. The number of aryl methyl sites for hydroxylation is 1. The number of aliphatic imine (C=N–C) groups is 1. The standard InChI is InChI=1S/C24H22N4O6S/c1-12-6-5-7-16(22(30)31)18(12)26-27-20-21(29)28-19(14-8-10-15(33-3)11-9-14)17(23(32)34-4)13(2)25-24(28)35-20/h5-11,19,26H,1-4H3,(H,30,31)/b27-20-. The number of benzene rings is 2. The smallest absolute Gasteiger partial charge is 0.338 e. The van der Waals surface area contributed by atoms with Crippen molar-refractivity contribution in [1.29, 1.82) is 0 Å². The molecule has 0 aliphatic carbocycles. The van der Waals surface area contributed by atoms with Gasteiger partial charge in [-0.3, -0.25) is 15.1 Å². The van der Waals surface area contributed by atoms with E-state index in [2.05, 4.69) is 15.5 Å². The number of para-hydroxylation sites is 1. The Morgan fingerprint density at radius 1 is 1.14 bits per heavy atom. The molecule has 2 heterocycles. The van der Waals surface area contributed by atoms with Crippen molar-refractivity contribution < 1.29 is 29.0 Å². The number of aromatic carboxylic acids is 1. The van der Waals surface area contributed by atoms with Crippen molar-refractivity contribution in [3.8, 4) is 5.75 Å². The Kier molecular flexibility index (Phi) is 6.61. The number of fused-ring (bicyclic) bond motifs is 1. The number of amides is 1. The molecule has 180 valence electrons. The number of allylic oxidation sites excluding steroid dienone is 1. The van der Waals surface area contributed by atoms with E-state index in [1.54, 1.807) is 57.4 Å². The number of esters is 1. The predicted molar refractivity (Wildman–Crippen MR) is 132 cm³/mol. The molecule has 2 aromatic carbocycles. The van der Waals surface area contributed by atoms with Crippen LogP contribution in [0, 0.1) is 6.92 Å². The molecule has 2 aliphatic rings. The SMILES string of the molecule is COC(=O)C1=C(C)N=C2S/C(=N\Nc3c(C)cccc3C(=O)O)C(=O)N2C1c1ccc(OC)cc1. The lowest BCUT2D eigenvalue weighted by Crippen LogP contribution is -2.40. The molecule has 2 N–H and O–H groups in total. The second kappa shape index (κ2) is 9.63. The minimum absolute atomic E-state index is 0.0291. The molecule has 35 heavy (non-hydrogen) atoms. The molecule has 1 fully saturated rings. The highest BCUT2D eigenvalue weighted by Crippen LogP contribution is 2.42. The number of nitrogens with zero attached hydrogens (tertiary/aromatic N) is 3. The lowest BCUT2D eigenvalue weighted by atomic mass is 9.94. The molecule has 2 aliphatic heterocycles. The van der Waals surface area contributed by atoms with Crippen molar-refractivity contribution in [3.63, 3.8) is 0 Å². The minimum Gasteiger partial charge on any atom is -0.497 e. The number of carbonyl (C=O) groups excluding carboxylic acids is 2. The van der Waals surface area contributed by atoms with Crippen LogP contribution in [0.25, 0.3) is 0 Å². The third-order valence-corrected chi connectivity index (χ3v) is 6.52. The fourth-order valence-corrected chi connectivity index (χ4v) is 4.77. The highest BCUT2D eigenvalue weighted by molar-refractivity contribution is 8.29. The summed E-state index contributed by atoms with van der Waals surface area (Å²) in [7, 11) is 2.82. The molecule has 1 saturated heterocycles. The number of carboxylic acid groups (broad SMARTS) is 1. The number of anilines is 1. The lowest BCUT2D eigenvalue weighted by molar-refractivity contribution is -0.137. The van der Waals surface area contributed by atoms with Gasteiger partial charge in [-0.2, -0.15) is 5.10 Å². The maximum Gasteiger partial charge on any atom is 0.338 e. The van der Waals surface area contributed by atoms with E-state index in [9.17, 15) is 19.5 Å². The van der Waals surface area contributed by atoms with Gasteiger partial charge in [-0.05, 0) is 54.9 Å². The lowest BCUT2D eigenvalue weighted by Gasteiger charge is -2.32. The van der Waals surface area contributed by atoms with Gasteiger partial charge in [0.05, 0.1) is 42.8 Å². The number of nitrogens with one attached hydrogen (secondary N) is 1. The number of hydrogen-bond donors (Lipinski definition) is 2. The summed E-state index contributed by atoms with van der Waals surface area (Å²) in [4.78, 5) is 43.6. The zero-order valence-corrected chi connectivity index (χ0v) is 20.2. The van der Waals surface area contributed by atoms with E-state index >= 15 is 0 Å². The molecule has 0 aromatic heterocycles. The largest absolute Gasteiger partial charge is 0.497 e. The molecule has 1 atom stereocenters. The summed E-state index contributed by atoms with van der Waals surface area (Å²) in [5.74, 6) is -1.58. The average Bonchev–Trinajstić information content (AvgIpc) is 3.16. The van der Waals surface area contributed by atoms with Crippen LogP contribution in [0.5, 0.6) is 5.75 Å². The van der Waals surface area contributed by atoms with Gasteiger partial charge in [0, 0.05) is 0 Å². The first kappa shape index (κ1) is 24.0. The van der Waals surface area contributed by atoms with Crippen LogP contribution in [0.2, 0.25) is 0 Å². The van der Waals surface area contributed by atoms with Gasteiger partial charge in [0.25, 0.3) is 5.91 Å². The normalized spacial score (nSPS) is 18.3. The summed E-state index contributed by atoms with van der Waals surface area (Å²) in [5, 5.41) is 14.1. The van der Waals surface area contributed by atoms with Crippen LogP contribution in [0.15, 0.2) is 63.8 Å². The van der Waals surface area contributed by atoms with Crippen LogP contribution in [0.3, 0.4) is 0 Å². The fourth-order valence-electron chi connectivity index (χ4n) is 3.85. The number of amidine groups is 1. The van der Waals surface area contributed by atoms with Crippen molar-refractivity contribution in [3.05, 3.63) is 70.4 Å². The third-order valence-electron chi connectivity index (χ3n) is 5.59. The van der Waals surface area contributed by atoms with Crippen molar-refractivity contribution in [2.75, 3.05) is 19.6 Å². The van der Waals surface area contributed by atoms with E-state index in [1.165, 1.54) is 18.1 Å². The predicted octanol–water partition coefficient (Wildman–Crippen LogP) is 3.56. The van der Waals surface area contributed by atoms with Crippen LogP contribution in [-0.4, -0.2) is 52.3 Å². The van der Waals surface area contributed by atoms with Gasteiger partial charge in [0.15, 0.2) is 10.2 Å². The van der Waals surface area contributed by atoms with Gasteiger partial charge < -0.3 is 14.6 Å². The van der Waals surface area contributed by atoms with Gasteiger partial charge in [-0.25, -0.2) is 14.6 Å². The third kappa shape index (κ3) is 4.37. The van der Waals surface area contributed by atoms with Crippen LogP contribution in [0.1, 0.15) is 34.5 Å². The highest BCUT2D eigenvalue weighted by Gasteiger charge is 2.46. The number of hydrazone groups is 1. The quantitative estimate of drug-likeness (QED) is 0.461. The molecule has 0 spiro atoms. The average molecular weight is 495 g/mol. The Bertz CT molecular complexity index is 1320. The van der Waals surface area contributed by atoms with E-state index < -0.39 is 23.9 Å². The van der Waals surface area contributed by atoms with Crippen molar-refractivity contribution in [2.45, 2.75) is 19.9 Å². The number of thioether (sulfide) groups is 1. The molecule has 0 bridgehead atoms. The molecule has 0 saturated carbocycles. The highest BCUT2D eigenvalue weighted by atomic mass is 32.2. The number of carbonyl (C=O) groups is 3. The summed E-state index contributed by atoms with van der Waals surface area (Å²) < 4.78 is 10.2. The van der Waals surface area contributed by atoms with Crippen LogP contribution in [-0.2, 0) is 14.3 Å². The van der Waals surface area contributed by atoms with E-state index in [0.29, 0.717) is 27.7 Å². The summed E-state index contributed by atoms with van der Waals surface area (Å²) >= 11 is 1.03. The summed E-state index contributed by atoms with van der Waals surface area (Å²) in [6, 6.07) is 11.0. The minimum atomic E-state index is -1.12. The van der Waals surface area contributed by atoms with Gasteiger partial charge in [0.1, 0.15) is 5.75 Å². The van der Waals surface area contributed by atoms with Crippen LogP contribution >= 0.6 is 11.8 Å². The molecule has 4 rings (SSSR count). The first-order valence-electron chi connectivity index (χ1n) is 10.5. The number of methoxy groups -OCH3 is 2. The molecule has 0 radical (unpaired) electrons. The molecule has 1 amide bonds. The van der Waals surface area contributed by atoms with Gasteiger partial charge in [0.2, 0.25) is 0 Å².